The summed E-state index contributed by atoms with van der Waals surface area (Å²) in [6, 6.07) is 9.32. The molecule has 0 aliphatic carbocycles. The van der Waals surface area contributed by atoms with Crippen LogP contribution in [0.15, 0.2) is 29.2 Å². The van der Waals surface area contributed by atoms with Gasteiger partial charge in [0.05, 0.1) is 12.5 Å². The van der Waals surface area contributed by atoms with Crippen LogP contribution >= 0.6 is 11.8 Å². The van der Waals surface area contributed by atoms with E-state index in [0.717, 1.165) is 4.90 Å². The largest absolute Gasteiger partial charge is 0.349 e. The van der Waals surface area contributed by atoms with Crippen molar-refractivity contribution in [2.45, 2.75) is 24.3 Å². The van der Waals surface area contributed by atoms with E-state index in [-0.39, 0.29) is 11.9 Å². The van der Waals surface area contributed by atoms with E-state index in [1.807, 2.05) is 31.4 Å². The van der Waals surface area contributed by atoms with Crippen LogP contribution in [-0.2, 0) is 0 Å². The summed E-state index contributed by atoms with van der Waals surface area (Å²) < 4.78 is 0. The lowest BCUT2D eigenvalue weighted by atomic mass is 10.2. The van der Waals surface area contributed by atoms with Gasteiger partial charge in [-0.1, -0.05) is 0 Å². The third kappa shape index (κ3) is 3.59. The zero-order chi connectivity index (χ0) is 12.0. The molecule has 0 saturated heterocycles. The summed E-state index contributed by atoms with van der Waals surface area (Å²) in [6.45, 7) is 1.82. The predicted molar refractivity (Wildman–Crippen MR) is 65.4 cm³/mol. The van der Waals surface area contributed by atoms with Gasteiger partial charge in [0.1, 0.15) is 0 Å². The number of nitrogens with one attached hydrogen (secondary N) is 1. The van der Waals surface area contributed by atoms with Crippen LogP contribution in [0.3, 0.4) is 0 Å². The van der Waals surface area contributed by atoms with Crippen molar-refractivity contribution in [1.82, 2.24) is 5.32 Å². The number of rotatable bonds is 4. The Morgan fingerprint density at radius 2 is 2.12 bits per heavy atom. The van der Waals surface area contributed by atoms with Crippen molar-refractivity contribution < 1.29 is 4.79 Å². The number of thioether (sulfide) groups is 1. The van der Waals surface area contributed by atoms with Gasteiger partial charge in [-0.15, -0.1) is 11.8 Å². The van der Waals surface area contributed by atoms with Gasteiger partial charge in [-0.25, -0.2) is 0 Å². The molecule has 0 aromatic heterocycles. The fraction of sp³-hybridized carbons (Fsp3) is 0.333. The van der Waals surface area contributed by atoms with Gasteiger partial charge in [0, 0.05) is 16.5 Å². The fourth-order valence-corrected chi connectivity index (χ4v) is 1.65. The van der Waals surface area contributed by atoms with Crippen molar-refractivity contribution in [1.29, 1.82) is 5.26 Å². The van der Waals surface area contributed by atoms with Gasteiger partial charge in [0.25, 0.3) is 5.91 Å². The minimum absolute atomic E-state index is 0.113. The zero-order valence-corrected chi connectivity index (χ0v) is 10.2. The molecular weight excluding hydrogens is 220 g/mol. The molecule has 0 bridgehead atoms. The van der Waals surface area contributed by atoms with Crippen molar-refractivity contribution >= 4 is 17.7 Å². The Morgan fingerprint density at radius 1 is 1.50 bits per heavy atom. The van der Waals surface area contributed by atoms with Gasteiger partial charge in [-0.3, -0.25) is 4.79 Å². The average Bonchev–Trinajstić information content (AvgIpc) is 2.29. The van der Waals surface area contributed by atoms with Crippen molar-refractivity contribution in [3.63, 3.8) is 0 Å². The van der Waals surface area contributed by atoms with E-state index in [0.29, 0.717) is 12.0 Å². The molecule has 0 aliphatic heterocycles. The van der Waals surface area contributed by atoms with Crippen LogP contribution in [0.5, 0.6) is 0 Å². The number of hydrogen-bond acceptors (Lipinski definition) is 3. The molecule has 4 heteroatoms. The maximum absolute atomic E-state index is 11.7. The second-order valence-corrected chi connectivity index (χ2v) is 4.34. The molecule has 1 N–H and O–H groups in total. The predicted octanol–water partition coefficient (Wildman–Crippen LogP) is 2.44. The lowest BCUT2D eigenvalue weighted by Crippen LogP contribution is -2.32. The minimum atomic E-state index is -0.129. The average molecular weight is 234 g/mol. The van der Waals surface area contributed by atoms with E-state index in [4.69, 9.17) is 5.26 Å². The van der Waals surface area contributed by atoms with E-state index < -0.39 is 0 Å². The maximum atomic E-state index is 11.7. The Balaban J connectivity index is 2.63. The standard InChI is InChI=1S/C12H14N2OS/c1-9(7-8-13)14-12(15)10-3-5-11(16-2)6-4-10/h3-6,9H,7H2,1-2H3,(H,14,15). The molecule has 0 saturated carbocycles. The van der Waals surface area contributed by atoms with Crippen molar-refractivity contribution in [3.8, 4) is 6.07 Å². The lowest BCUT2D eigenvalue weighted by molar-refractivity contribution is 0.0941. The SMILES string of the molecule is CSc1ccc(C(=O)NC(C)CC#N)cc1. The van der Waals surface area contributed by atoms with Crippen LogP contribution in [0.1, 0.15) is 23.7 Å². The van der Waals surface area contributed by atoms with Crippen molar-refractivity contribution in [2.75, 3.05) is 6.26 Å². The third-order valence-corrected chi connectivity index (χ3v) is 2.87. The maximum Gasteiger partial charge on any atom is 0.251 e. The summed E-state index contributed by atoms with van der Waals surface area (Å²) >= 11 is 1.64. The van der Waals surface area contributed by atoms with E-state index >= 15 is 0 Å². The Morgan fingerprint density at radius 3 is 2.62 bits per heavy atom. The monoisotopic (exact) mass is 234 g/mol. The molecule has 16 heavy (non-hydrogen) atoms. The van der Waals surface area contributed by atoms with Gasteiger partial charge >= 0.3 is 0 Å². The number of amides is 1. The summed E-state index contributed by atoms with van der Waals surface area (Å²) in [7, 11) is 0. The number of hydrogen-bond donors (Lipinski definition) is 1. The van der Waals surface area contributed by atoms with Gasteiger partial charge in [-0.05, 0) is 37.4 Å². The molecule has 0 heterocycles. The van der Waals surface area contributed by atoms with Crippen molar-refractivity contribution in [3.05, 3.63) is 29.8 Å². The van der Waals surface area contributed by atoms with E-state index in [1.165, 1.54) is 0 Å². The molecule has 84 valence electrons. The zero-order valence-electron chi connectivity index (χ0n) is 9.36. The van der Waals surface area contributed by atoms with Gasteiger partial charge in [-0.2, -0.15) is 5.26 Å². The molecule has 1 rings (SSSR count). The summed E-state index contributed by atoms with van der Waals surface area (Å²) in [6.07, 6.45) is 2.32. The summed E-state index contributed by atoms with van der Waals surface area (Å²) in [5.74, 6) is -0.129. The van der Waals surface area contributed by atoms with E-state index in [2.05, 4.69) is 5.32 Å². The first-order chi connectivity index (χ1) is 7.67. The molecule has 0 radical (unpaired) electrons. The molecule has 3 nitrogen and oxygen atoms in total. The fourth-order valence-electron chi connectivity index (χ4n) is 1.24. The Hall–Kier alpha value is -1.47. The lowest BCUT2D eigenvalue weighted by Gasteiger charge is -2.10. The highest BCUT2D eigenvalue weighted by molar-refractivity contribution is 7.98. The molecule has 1 atom stereocenters. The summed E-state index contributed by atoms with van der Waals surface area (Å²) in [4.78, 5) is 12.8. The van der Waals surface area contributed by atoms with E-state index in [1.54, 1.807) is 23.9 Å². The highest BCUT2D eigenvalue weighted by atomic mass is 32.2. The highest BCUT2D eigenvalue weighted by Crippen LogP contribution is 2.14. The first-order valence-electron chi connectivity index (χ1n) is 4.99. The number of carbonyl (C=O) groups is 1. The molecule has 0 fully saturated rings. The Labute approximate surface area is 99.8 Å². The van der Waals surface area contributed by atoms with Gasteiger partial charge < -0.3 is 5.32 Å². The molecule has 1 unspecified atom stereocenters. The molecular formula is C12H14N2OS. The molecule has 0 spiro atoms. The Kier molecular flexibility index (Phi) is 4.87. The summed E-state index contributed by atoms with van der Waals surface area (Å²) in [5.41, 5.74) is 0.627. The second kappa shape index (κ2) is 6.19. The number of carbonyl (C=O) groups excluding carboxylic acids is 1. The minimum Gasteiger partial charge on any atom is -0.349 e. The normalized spacial score (nSPS) is 11.6. The second-order valence-electron chi connectivity index (χ2n) is 3.47. The highest BCUT2D eigenvalue weighted by Gasteiger charge is 2.08. The van der Waals surface area contributed by atoms with Gasteiger partial charge in [0.15, 0.2) is 0 Å². The first-order valence-corrected chi connectivity index (χ1v) is 6.21. The van der Waals surface area contributed by atoms with Gasteiger partial charge in [0.2, 0.25) is 0 Å². The molecule has 1 amide bonds. The molecule has 1 aromatic rings. The summed E-state index contributed by atoms with van der Waals surface area (Å²) in [5, 5.41) is 11.3. The third-order valence-electron chi connectivity index (χ3n) is 2.13. The molecule has 1 aromatic carbocycles. The number of benzene rings is 1. The van der Waals surface area contributed by atoms with Crippen LogP contribution in [0, 0.1) is 11.3 Å². The van der Waals surface area contributed by atoms with Crippen LogP contribution in [0.4, 0.5) is 0 Å². The molecule has 0 aliphatic rings. The van der Waals surface area contributed by atoms with Crippen LogP contribution in [0.25, 0.3) is 0 Å². The van der Waals surface area contributed by atoms with Crippen LogP contribution < -0.4 is 5.32 Å². The number of nitriles is 1. The quantitative estimate of drug-likeness (QED) is 0.814. The van der Waals surface area contributed by atoms with Crippen LogP contribution in [0.2, 0.25) is 0 Å². The van der Waals surface area contributed by atoms with E-state index in [9.17, 15) is 4.79 Å². The van der Waals surface area contributed by atoms with Crippen molar-refractivity contribution in [2.24, 2.45) is 0 Å². The first kappa shape index (κ1) is 12.6. The van der Waals surface area contributed by atoms with Crippen LogP contribution in [-0.4, -0.2) is 18.2 Å². The Bertz CT molecular complexity index is 394. The number of nitrogens with zero attached hydrogens (tertiary/aromatic N) is 1. The topological polar surface area (TPSA) is 52.9 Å². The smallest absolute Gasteiger partial charge is 0.251 e.